The van der Waals surface area contributed by atoms with E-state index < -0.39 is 0 Å². The summed E-state index contributed by atoms with van der Waals surface area (Å²) in [5, 5.41) is 3.10. The summed E-state index contributed by atoms with van der Waals surface area (Å²) in [6.45, 7) is 0. The first-order valence-corrected chi connectivity index (χ1v) is 7.43. The third kappa shape index (κ3) is 2.97. The van der Waals surface area contributed by atoms with Crippen LogP contribution in [0.4, 0.5) is 0 Å². The molecule has 1 saturated carbocycles. The smallest absolute Gasteiger partial charge is 0.251 e. The van der Waals surface area contributed by atoms with E-state index >= 15 is 0 Å². The average molecular weight is 363 g/mol. The number of benzene rings is 2. The summed E-state index contributed by atoms with van der Waals surface area (Å²) in [6, 6.07) is 18.3. The highest BCUT2D eigenvalue weighted by atomic mass is 127. The summed E-state index contributed by atoms with van der Waals surface area (Å²) in [5.41, 5.74) is 2.06. The van der Waals surface area contributed by atoms with E-state index in [1.807, 2.05) is 42.5 Å². The zero-order chi connectivity index (χ0) is 13.2. The first-order valence-electron chi connectivity index (χ1n) is 6.35. The van der Waals surface area contributed by atoms with Gasteiger partial charge in [-0.3, -0.25) is 4.79 Å². The molecule has 96 valence electrons. The maximum atomic E-state index is 12.1. The molecule has 0 radical (unpaired) electrons. The summed E-state index contributed by atoms with van der Waals surface area (Å²) in [7, 11) is 0. The van der Waals surface area contributed by atoms with Gasteiger partial charge in [-0.25, -0.2) is 0 Å². The molecule has 0 aromatic heterocycles. The van der Waals surface area contributed by atoms with Crippen LogP contribution in [0.2, 0.25) is 0 Å². The van der Waals surface area contributed by atoms with Gasteiger partial charge in [0.05, 0.1) is 0 Å². The lowest BCUT2D eigenvalue weighted by Gasteiger charge is -2.05. The van der Waals surface area contributed by atoms with Crippen molar-refractivity contribution in [2.75, 3.05) is 0 Å². The first-order chi connectivity index (χ1) is 9.24. The quantitative estimate of drug-likeness (QED) is 0.830. The third-order valence-corrected chi connectivity index (χ3v) is 4.09. The number of amides is 1. The van der Waals surface area contributed by atoms with Crippen molar-refractivity contribution in [1.82, 2.24) is 5.32 Å². The van der Waals surface area contributed by atoms with Crippen LogP contribution in [0, 0.1) is 3.57 Å². The lowest BCUT2D eigenvalue weighted by atomic mass is 10.1. The third-order valence-electron chi connectivity index (χ3n) is 3.42. The van der Waals surface area contributed by atoms with Crippen molar-refractivity contribution in [3.63, 3.8) is 0 Å². The van der Waals surface area contributed by atoms with Crippen LogP contribution in [-0.4, -0.2) is 11.9 Å². The number of nitrogens with one attached hydrogen (secondary N) is 1. The second-order valence-electron chi connectivity index (χ2n) is 4.84. The highest BCUT2D eigenvalue weighted by Gasteiger charge is 2.39. The van der Waals surface area contributed by atoms with E-state index in [1.165, 1.54) is 5.56 Å². The Morgan fingerprint density at radius 3 is 2.63 bits per heavy atom. The molecule has 1 aliphatic rings. The molecule has 3 heteroatoms. The van der Waals surface area contributed by atoms with Crippen LogP contribution < -0.4 is 5.32 Å². The van der Waals surface area contributed by atoms with E-state index in [4.69, 9.17) is 0 Å². The van der Waals surface area contributed by atoms with Crippen LogP contribution in [0.5, 0.6) is 0 Å². The van der Waals surface area contributed by atoms with E-state index in [9.17, 15) is 4.79 Å². The Morgan fingerprint density at radius 2 is 1.89 bits per heavy atom. The van der Waals surface area contributed by atoms with Gasteiger partial charge in [-0.1, -0.05) is 36.4 Å². The van der Waals surface area contributed by atoms with Crippen molar-refractivity contribution < 1.29 is 4.79 Å². The van der Waals surface area contributed by atoms with Crippen LogP contribution in [0.1, 0.15) is 28.3 Å². The first kappa shape index (κ1) is 12.7. The van der Waals surface area contributed by atoms with E-state index in [-0.39, 0.29) is 11.9 Å². The average Bonchev–Trinajstić information content (AvgIpc) is 3.19. The molecular formula is C16H14INO. The van der Waals surface area contributed by atoms with Crippen molar-refractivity contribution in [3.05, 3.63) is 69.3 Å². The largest absolute Gasteiger partial charge is 0.349 e. The molecule has 0 bridgehead atoms. The van der Waals surface area contributed by atoms with Crippen molar-refractivity contribution in [2.45, 2.75) is 18.4 Å². The van der Waals surface area contributed by atoms with Gasteiger partial charge in [-0.05, 0) is 52.8 Å². The fraction of sp³-hybridized carbons (Fsp3) is 0.188. The normalized spacial score (nSPS) is 20.9. The van der Waals surface area contributed by atoms with Crippen molar-refractivity contribution in [2.24, 2.45) is 0 Å². The summed E-state index contributed by atoms with van der Waals surface area (Å²) in [6.07, 6.45) is 1.04. The van der Waals surface area contributed by atoms with Crippen molar-refractivity contribution in [3.8, 4) is 0 Å². The Bertz CT molecular complexity index is 597. The minimum absolute atomic E-state index is 0.0296. The molecule has 2 nitrogen and oxygen atoms in total. The molecule has 19 heavy (non-hydrogen) atoms. The molecule has 0 heterocycles. The second kappa shape index (κ2) is 5.33. The van der Waals surface area contributed by atoms with Gasteiger partial charge in [0, 0.05) is 21.1 Å². The zero-order valence-electron chi connectivity index (χ0n) is 10.3. The molecule has 0 aliphatic heterocycles. The van der Waals surface area contributed by atoms with E-state index in [0.717, 1.165) is 15.6 Å². The monoisotopic (exact) mass is 363 g/mol. The van der Waals surface area contributed by atoms with Crippen LogP contribution in [0.3, 0.4) is 0 Å². The molecule has 1 aliphatic carbocycles. The van der Waals surface area contributed by atoms with Gasteiger partial charge in [-0.2, -0.15) is 0 Å². The number of carbonyl (C=O) groups excluding carboxylic acids is 1. The number of rotatable bonds is 3. The molecule has 2 atom stereocenters. The Labute approximate surface area is 126 Å². The zero-order valence-corrected chi connectivity index (χ0v) is 12.5. The summed E-state index contributed by atoms with van der Waals surface area (Å²) < 4.78 is 1.08. The summed E-state index contributed by atoms with van der Waals surface area (Å²) in [4.78, 5) is 12.1. The van der Waals surface area contributed by atoms with Crippen LogP contribution in [0.25, 0.3) is 0 Å². The van der Waals surface area contributed by atoms with Gasteiger partial charge in [0.1, 0.15) is 0 Å². The molecule has 1 N–H and O–H groups in total. The van der Waals surface area contributed by atoms with Gasteiger partial charge < -0.3 is 5.32 Å². The number of hydrogen-bond donors (Lipinski definition) is 1. The van der Waals surface area contributed by atoms with Gasteiger partial charge in [0.15, 0.2) is 0 Å². The molecule has 0 spiro atoms. The Morgan fingerprint density at radius 1 is 1.11 bits per heavy atom. The maximum absolute atomic E-state index is 12.1. The molecule has 2 aromatic carbocycles. The Hall–Kier alpha value is -1.36. The standard InChI is InChI=1S/C16H14INO/c17-13-8-4-7-12(9-13)16(19)18-15-10-14(15)11-5-2-1-3-6-11/h1-9,14-15H,10H2,(H,18,19). The molecule has 1 amide bonds. The van der Waals surface area contributed by atoms with E-state index in [2.05, 4.69) is 40.0 Å². The molecular weight excluding hydrogens is 349 g/mol. The van der Waals surface area contributed by atoms with Crippen LogP contribution >= 0.6 is 22.6 Å². The predicted octanol–water partition coefficient (Wildman–Crippen LogP) is 3.58. The number of halogens is 1. The van der Waals surface area contributed by atoms with Gasteiger partial charge in [-0.15, -0.1) is 0 Å². The molecule has 0 saturated heterocycles. The molecule has 2 unspecified atom stereocenters. The van der Waals surface area contributed by atoms with Crippen molar-refractivity contribution >= 4 is 28.5 Å². The molecule has 1 fully saturated rings. The van der Waals surface area contributed by atoms with E-state index in [0.29, 0.717) is 5.92 Å². The highest BCUT2D eigenvalue weighted by molar-refractivity contribution is 14.1. The SMILES string of the molecule is O=C(NC1CC1c1ccccc1)c1cccc(I)c1. The highest BCUT2D eigenvalue weighted by Crippen LogP contribution is 2.40. The summed E-state index contributed by atoms with van der Waals surface area (Å²) in [5.74, 6) is 0.509. The number of carbonyl (C=O) groups is 1. The predicted molar refractivity (Wildman–Crippen MR) is 84.2 cm³/mol. The minimum Gasteiger partial charge on any atom is -0.349 e. The Balaban J connectivity index is 1.64. The lowest BCUT2D eigenvalue weighted by Crippen LogP contribution is -2.26. The van der Waals surface area contributed by atoms with Gasteiger partial charge >= 0.3 is 0 Å². The topological polar surface area (TPSA) is 29.1 Å². The molecule has 2 aromatic rings. The Kier molecular flexibility index (Phi) is 3.55. The fourth-order valence-electron chi connectivity index (χ4n) is 2.30. The van der Waals surface area contributed by atoms with Crippen LogP contribution in [0.15, 0.2) is 54.6 Å². The number of hydrogen-bond acceptors (Lipinski definition) is 1. The molecule has 3 rings (SSSR count). The maximum Gasteiger partial charge on any atom is 0.251 e. The summed E-state index contributed by atoms with van der Waals surface area (Å²) >= 11 is 2.22. The van der Waals surface area contributed by atoms with Gasteiger partial charge in [0.2, 0.25) is 0 Å². The lowest BCUT2D eigenvalue weighted by molar-refractivity contribution is 0.0950. The van der Waals surface area contributed by atoms with Crippen molar-refractivity contribution in [1.29, 1.82) is 0 Å². The van der Waals surface area contributed by atoms with Gasteiger partial charge in [0.25, 0.3) is 5.91 Å². The minimum atomic E-state index is 0.0296. The second-order valence-corrected chi connectivity index (χ2v) is 6.09. The van der Waals surface area contributed by atoms with E-state index in [1.54, 1.807) is 0 Å². The van der Waals surface area contributed by atoms with Crippen LogP contribution in [-0.2, 0) is 0 Å². The fourth-order valence-corrected chi connectivity index (χ4v) is 2.85.